The van der Waals surface area contributed by atoms with E-state index in [1.54, 1.807) is 6.92 Å². The second-order valence-corrected chi connectivity index (χ2v) is 5.66. The monoisotopic (exact) mass is 330 g/mol. The van der Waals surface area contributed by atoms with Gasteiger partial charge in [0.15, 0.2) is 11.5 Å². The van der Waals surface area contributed by atoms with Crippen LogP contribution in [0.3, 0.4) is 0 Å². The Balaban J connectivity index is 2.19. The molecule has 1 unspecified atom stereocenters. The van der Waals surface area contributed by atoms with Gasteiger partial charge in [0.1, 0.15) is 0 Å². The normalized spacial score (nSPS) is 19.8. The number of rotatable bonds is 2. The maximum Gasteiger partial charge on any atom is 0.424 e. The molecular formula is C13H13F3N4O3. The molecule has 0 radical (unpaired) electrons. The molecule has 124 valence electrons. The topological polar surface area (TPSA) is 93.2 Å². The van der Waals surface area contributed by atoms with Crippen LogP contribution in [0.25, 0.3) is 11.4 Å². The summed E-state index contributed by atoms with van der Waals surface area (Å²) >= 11 is 0. The van der Waals surface area contributed by atoms with Crippen molar-refractivity contribution in [3.05, 3.63) is 23.8 Å². The summed E-state index contributed by atoms with van der Waals surface area (Å²) in [7, 11) is 0. The highest BCUT2D eigenvalue weighted by Gasteiger charge is 2.55. The van der Waals surface area contributed by atoms with Gasteiger partial charge in [-0.3, -0.25) is 4.68 Å². The van der Waals surface area contributed by atoms with Crippen molar-refractivity contribution < 1.29 is 28.2 Å². The Morgan fingerprint density at radius 1 is 1.39 bits per heavy atom. The molecular weight excluding hydrogens is 317 g/mol. The molecule has 0 amide bonds. The number of carbonyl (C=O) groups is 1. The van der Waals surface area contributed by atoms with Crippen LogP contribution in [0.5, 0.6) is 0 Å². The van der Waals surface area contributed by atoms with Crippen molar-refractivity contribution in [2.24, 2.45) is 0 Å². The lowest BCUT2D eigenvalue weighted by Crippen LogP contribution is -2.42. The van der Waals surface area contributed by atoms with Crippen LogP contribution < -0.4 is 0 Å². The number of aliphatic hydroxyl groups is 1. The third-order valence-electron chi connectivity index (χ3n) is 3.92. The van der Waals surface area contributed by atoms with Gasteiger partial charge in [-0.2, -0.15) is 18.3 Å². The van der Waals surface area contributed by atoms with E-state index in [1.807, 2.05) is 0 Å². The fourth-order valence-electron chi connectivity index (χ4n) is 2.68. The molecule has 0 saturated heterocycles. The first-order valence-corrected chi connectivity index (χ1v) is 6.72. The summed E-state index contributed by atoms with van der Waals surface area (Å²) in [5.74, 6) is -1.76. The minimum Gasteiger partial charge on any atom is -0.476 e. The molecule has 2 N–H and O–H groups in total. The molecule has 7 nitrogen and oxygen atoms in total. The van der Waals surface area contributed by atoms with Gasteiger partial charge in [0.25, 0.3) is 0 Å². The van der Waals surface area contributed by atoms with Gasteiger partial charge in [0.05, 0.1) is 30.2 Å². The molecule has 2 atom stereocenters. The highest BCUT2D eigenvalue weighted by Crippen LogP contribution is 2.42. The van der Waals surface area contributed by atoms with Gasteiger partial charge in [-0.25, -0.2) is 9.78 Å². The fraction of sp³-hybridized carbons (Fsp3) is 0.462. The summed E-state index contributed by atoms with van der Waals surface area (Å²) in [6.07, 6.45) is -3.71. The first kappa shape index (κ1) is 15.5. The van der Waals surface area contributed by atoms with E-state index in [9.17, 15) is 23.1 Å². The van der Waals surface area contributed by atoms with Gasteiger partial charge in [-0.15, -0.1) is 0 Å². The average Bonchev–Trinajstić information content (AvgIpc) is 3.00. The van der Waals surface area contributed by atoms with E-state index in [2.05, 4.69) is 10.1 Å². The Morgan fingerprint density at radius 2 is 2.04 bits per heavy atom. The highest BCUT2D eigenvalue weighted by molar-refractivity contribution is 5.86. The van der Waals surface area contributed by atoms with Gasteiger partial charge in [0.2, 0.25) is 5.60 Å². The third-order valence-corrected chi connectivity index (χ3v) is 3.92. The van der Waals surface area contributed by atoms with Gasteiger partial charge >= 0.3 is 12.1 Å². The Morgan fingerprint density at radius 3 is 2.61 bits per heavy atom. The predicted molar refractivity (Wildman–Crippen MR) is 70.7 cm³/mol. The molecule has 1 aliphatic heterocycles. The zero-order valence-corrected chi connectivity index (χ0v) is 12.2. The molecule has 3 heterocycles. The summed E-state index contributed by atoms with van der Waals surface area (Å²) in [5, 5.41) is 22.8. The molecule has 2 aromatic heterocycles. The zero-order chi connectivity index (χ0) is 17.2. The standard InChI is InChI=1S/C13H13F3N4O3/c1-6-5-19-8(3-7(18-19)10(21)22)9-4-17-11(20(6)9)12(2,23)13(14,15)16/h3-4,6,23H,5H2,1-2H3,(H,21,22)/t6-,12?/m0/s1. The van der Waals surface area contributed by atoms with E-state index in [0.29, 0.717) is 12.6 Å². The second kappa shape index (κ2) is 4.57. The molecule has 1 aliphatic rings. The lowest BCUT2D eigenvalue weighted by molar-refractivity contribution is -0.262. The minimum atomic E-state index is -4.89. The SMILES string of the molecule is C[C@H]1Cn2nc(C(=O)O)cc2-c2cnc(C(C)(O)C(F)(F)F)n21. The van der Waals surface area contributed by atoms with Crippen molar-refractivity contribution in [3.63, 3.8) is 0 Å². The van der Waals surface area contributed by atoms with E-state index < -0.39 is 29.6 Å². The number of aromatic carboxylic acids is 1. The van der Waals surface area contributed by atoms with Crippen LogP contribution in [0.15, 0.2) is 12.3 Å². The number of hydrogen-bond acceptors (Lipinski definition) is 4. The summed E-state index contributed by atoms with van der Waals surface area (Å²) < 4.78 is 42.0. The number of carboxylic acids is 1. The Kier molecular flexibility index (Phi) is 3.09. The molecule has 23 heavy (non-hydrogen) atoms. The maximum absolute atomic E-state index is 13.1. The van der Waals surface area contributed by atoms with Gasteiger partial charge in [0, 0.05) is 6.07 Å². The highest BCUT2D eigenvalue weighted by atomic mass is 19.4. The fourth-order valence-corrected chi connectivity index (χ4v) is 2.68. The lowest BCUT2D eigenvalue weighted by atomic mass is 10.0. The first-order chi connectivity index (χ1) is 10.5. The van der Waals surface area contributed by atoms with E-state index in [0.717, 1.165) is 0 Å². The summed E-state index contributed by atoms with van der Waals surface area (Å²) in [4.78, 5) is 14.8. The molecule has 0 bridgehead atoms. The number of carboxylic acid groups (broad SMARTS) is 1. The van der Waals surface area contributed by atoms with Crippen molar-refractivity contribution in [1.82, 2.24) is 19.3 Å². The number of nitrogens with zero attached hydrogens (tertiary/aromatic N) is 4. The van der Waals surface area contributed by atoms with E-state index >= 15 is 0 Å². The van der Waals surface area contributed by atoms with Crippen LogP contribution in [-0.2, 0) is 12.1 Å². The quantitative estimate of drug-likeness (QED) is 0.876. The third kappa shape index (κ3) is 2.12. The Bertz CT molecular complexity index is 791. The molecule has 0 spiro atoms. The molecule has 0 aliphatic carbocycles. The summed E-state index contributed by atoms with van der Waals surface area (Å²) in [5.41, 5.74) is -2.69. The van der Waals surface area contributed by atoms with Gasteiger partial charge in [-0.05, 0) is 13.8 Å². The molecule has 0 fully saturated rings. The molecule has 0 saturated carbocycles. The van der Waals surface area contributed by atoms with Crippen LogP contribution in [0.4, 0.5) is 13.2 Å². The summed E-state index contributed by atoms with van der Waals surface area (Å²) in [6.45, 7) is 2.46. The molecule has 3 rings (SSSR count). The van der Waals surface area contributed by atoms with Crippen LogP contribution >= 0.6 is 0 Å². The average molecular weight is 330 g/mol. The number of fused-ring (bicyclic) bond motifs is 3. The second-order valence-electron chi connectivity index (χ2n) is 5.66. The van der Waals surface area contributed by atoms with E-state index in [-0.39, 0.29) is 17.9 Å². The van der Waals surface area contributed by atoms with E-state index in [4.69, 9.17) is 5.11 Å². The number of hydrogen-bond donors (Lipinski definition) is 2. The van der Waals surface area contributed by atoms with Crippen molar-refractivity contribution in [2.45, 2.75) is 38.2 Å². The Hall–Kier alpha value is -2.36. The van der Waals surface area contributed by atoms with Crippen molar-refractivity contribution in [1.29, 1.82) is 0 Å². The van der Waals surface area contributed by atoms with Crippen LogP contribution in [0.2, 0.25) is 0 Å². The smallest absolute Gasteiger partial charge is 0.424 e. The molecule has 0 aromatic carbocycles. The van der Waals surface area contributed by atoms with Crippen LogP contribution in [0, 0.1) is 0 Å². The maximum atomic E-state index is 13.1. The minimum absolute atomic E-state index is 0.174. The van der Waals surface area contributed by atoms with Crippen molar-refractivity contribution in [3.8, 4) is 11.4 Å². The van der Waals surface area contributed by atoms with Gasteiger partial charge < -0.3 is 14.8 Å². The predicted octanol–water partition coefficient (Wildman–Crippen LogP) is 1.79. The number of aromatic nitrogens is 4. The van der Waals surface area contributed by atoms with Gasteiger partial charge in [-0.1, -0.05) is 0 Å². The number of halogens is 3. The largest absolute Gasteiger partial charge is 0.476 e. The van der Waals surface area contributed by atoms with Crippen LogP contribution in [-0.4, -0.2) is 41.7 Å². The van der Waals surface area contributed by atoms with Crippen LogP contribution in [0.1, 0.15) is 36.2 Å². The number of imidazole rings is 1. The lowest BCUT2D eigenvalue weighted by Gasteiger charge is -2.31. The summed E-state index contributed by atoms with van der Waals surface area (Å²) in [6, 6.07) is 0.790. The Labute approximate surface area is 128 Å². The molecule has 10 heteroatoms. The van der Waals surface area contributed by atoms with Crippen molar-refractivity contribution >= 4 is 5.97 Å². The van der Waals surface area contributed by atoms with E-state index in [1.165, 1.54) is 21.5 Å². The first-order valence-electron chi connectivity index (χ1n) is 6.72. The number of alkyl halides is 3. The van der Waals surface area contributed by atoms with Crippen molar-refractivity contribution in [2.75, 3.05) is 0 Å². The molecule has 2 aromatic rings. The zero-order valence-electron chi connectivity index (χ0n) is 12.2.